The molecule has 0 atom stereocenters. The molecule has 1 aromatic heterocycles. The standard InChI is InChI=1S/C21H17ClF3NO4/c1-3-29-20(28)19-10-14-9-15(30-12(2)27)5-7-18(14)26(19)11-13-4-6-17(22)16(8-13)21(23,24)25/h4-10H,3,11H2,1-2H3. The zero-order valence-corrected chi connectivity index (χ0v) is 16.8. The molecule has 158 valence electrons. The van der Waals surface area contributed by atoms with E-state index < -0.39 is 28.7 Å². The van der Waals surface area contributed by atoms with Gasteiger partial charge < -0.3 is 14.0 Å². The molecule has 0 unspecified atom stereocenters. The van der Waals surface area contributed by atoms with Crippen LogP contribution in [0, 0.1) is 0 Å². The Bertz CT molecular complexity index is 1120. The summed E-state index contributed by atoms with van der Waals surface area (Å²) in [6, 6.07) is 9.87. The number of fused-ring (bicyclic) bond motifs is 1. The van der Waals surface area contributed by atoms with Crippen LogP contribution in [0.15, 0.2) is 42.5 Å². The summed E-state index contributed by atoms with van der Waals surface area (Å²) in [5.41, 5.74) is 0.0830. The summed E-state index contributed by atoms with van der Waals surface area (Å²) in [7, 11) is 0. The molecule has 2 aromatic carbocycles. The number of alkyl halides is 3. The fourth-order valence-electron chi connectivity index (χ4n) is 3.09. The van der Waals surface area contributed by atoms with Gasteiger partial charge in [-0.25, -0.2) is 4.79 Å². The number of hydrogen-bond donors (Lipinski definition) is 0. The number of carbonyl (C=O) groups excluding carboxylic acids is 2. The van der Waals surface area contributed by atoms with E-state index in [1.54, 1.807) is 29.7 Å². The Morgan fingerprint density at radius 3 is 2.47 bits per heavy atom. The van der Waals surface area contributed by atoms with Gasteiger partial charge >= 0.3 is 18.1 Å². The molecule has 3 aromatic rings. The highest BCUT2D eigenvalue weighted by atomic mass is 35.5. The predicted octanol–water partition coefficient (Wildman–Crippen LogP) is 5.46. The van der Waals surface area contributed by atoms with Crippen molar-refractivity contribution in [3.05, 3.63) is 64.3 Å². The number of hydrogen-bond acceptors (Lipinski definition) is 4. The van der Waals surface area contributed by atoms with Gasteiger partial charge in [-0.15, -0.1) is 0 Å². The second kappa shape index (κ2) is 8.39. The lowest BCUT2D eigenvalue weighted by Crippen LogP contribution is -2.13. The number of carbonyl (C=O) groups is 2. The van der Waals surface area contributed by atoms with Crippen molar-refractivity contribution in [1.29, 1.82) is 0 Å². The fourth-order valence-corrected chi connectivity index (χ4v) is 3.32. The van der Waals surface area contributed by atoms with Crippen LogP contribution in [-0.4, -0.2) is 23.1 Å². The van der Waals surface area contributed by atoms with Crippen molar-refractivity contribution in [3.63, 3.8) is 0 Å². The molecule has 0 amide bonds. The lowest BCUT2D eigenvalue weighted by atomic mass is 10.1. The Morgan fingerprint density at radius 1 is 1.10 bits per heavy atom. The summed E-state index contributed by atoms with van der Waals surface area (Å²) in [5, 5.41) is 0.169. The molecule has 0 bridgehead atoms. The van der Waals surface area contributed by atoms with Gasteiger partial charge in [-0.3, -0.25) is 4.79 Å². The molecule has 0 saturated heterocycles. The van der Waals surface area contributed by atoms with Crippen LogP contribution in [0.5, 0.6) is 5.75 Å². The van der Waals surface area contributed by atoms with Crippen LogP contribution in [0.4, 0.5) is 13.2 Å². The van der Waals surface area contributed by atoms with E-state index >= 15 is 0 Å². The number of nitrogens with zero attached hydrogens (tertiary/aromatic N) is 1. The molecule has 30 heavy (non-hydrogen) atoms. The number of halogens is 4. The van der Waals surface area contributed by atoms with Gasteiger partial charge in [-0.1, -0.05) is 17.7 Å². The average Bonchev–Trinajstić information content (AvgIpc) is 3.00. The predicted molar refractivity (Wildman–Crippen MR) is 105 cm³/mol. The molecular weight excluding hydrogens is 423 g/mol. The Kier molecular flexibility index (Phi) is 6.07. The molecule has 0 fully saturated rings. The van der Waals surface area contributed by atoms with E-state index in [9.17, 15) is 22.8 Å². The van der Waals surface area contributed by atoms with E-state index in [0.717, 1.165) is 6.07 Å². The first-order chi connectivity index (χ1) is 14.1. The smallest absolute Gasteiger partial charge is 0.417 e. The topological polar surface area (TPSA) is 57.5 Å². The third kappa shape index (κ3) is 4.59. The minimum absolute atomic E-state index is 0.0230. The molecule has 0 saturated carbocycles. The van der Waals surface area contributed by atoms with Crippen molar-refractivity contribution in [2.24, 2.45) is 0 Å². The van der Waals surface area contributed by atoms with Crippen molar-refractivity contribution in [2.45, 2.75) is 26.6 Å². The van der Waals surface area contributed by atoms with Crippen molar-refractivity contribution < 1.29 is 32.2 Å². The largest absolute Gasteiger partial charge is 0.461 e. The molecule has 0 aliphatic heterocycles. The van der Waals surface area contributed by atoms with Crippen LogP contribution >= 0.6 is 11.6 Å². The summed E-state index contributed by atoms with van der Waals surface area (Å²) in [5.74, 6) is -0.832. The molecule has 0 radical (unpaired) electrons. The van der Waals surface area contributed by atoms with Gasteiger partial charge in [0, 0.05) is 24.4 Å². The van der Waals surface area contributed by atoms with Crippen LogP contribution in [0.3, 0.4) is 0 Å². The van der Waals surface area contributed by atoms with Crippen LogP contribution in [0.1, 0.15) is 35.5 Å². The van der Waals surface area contributed by atoms with E-state index in [1.165, 1.54) is 25.1 Å². The first-order valence-electron chi connectivity index (χ1n) is 8.94. The first kappa shape index (κ1) is 21.7. The Balaban J connectivity index is 2.10. The van der Waals surface area contributed by atoms with Crippen molar-refractivity contribution in [3.8, 4) is 5.75 Å². The molecule has 0 spiro atoms. The van der Waals surface area contributed by atoms with Crippen LogP contribution in [0.2, 0.25) is 5.02 Å². The average molecular weight is 440 g/mol. The summed E-state index contributed by atoms with van der Waals surface area (Å²) in [4.78, 5) is 23.6. The quantitative estimate of drug-likeness (QED) is 0.391. The highest BCUT2D eigenvalue weighted by Crippen LogP contribution is 2.35. The summed E-state index contributed by atoms with van der Waals surface area (Å²) >= 11 is 5.70. The third-order valence-corrected chi connectivity index (χ3v) is 4.63. The number of aromatic nitrogens is 1. The van der Waals surface area contributed by atoms with Gasteiger partial charge in [-0.05, 0) is 48.9 Å². The van der Waals surface area contributed by atoms with Gasteiger partial charge in [0.25, 0.3) is 0 Å². The SMILES string of the molecule is CCOC(=O)c1cc2cc(OC(C)=O)ccc2n1Cc1ccc(Cl)c(C(F)(F)F)c1. The van der Waals surface area contributed by atoms with Crippen molar-refractivity contribution >= 4 is 34.4 Å². The van der Waals surface area contributed by atoms with Crippen molar-refractivity contribution in [1.82, 2.24) is 4.57 Å². The fraction of sp³-hybridized carbons (Fsp3) is 0.238. The van der Waals surface area contributed by atoms with Gasteiger partial charge in [0.2, 0.25) is 0 Å². The van der Waals surface area contributed by atoms with Crippen LogP contribution < -0.4 is 4.74 Å². The van der Waals surface area contributed by atoms with Crippen LogP contribution in [0.25, 0.3) is 10.9 Å². The molecule has 3 rings (SSSR count). The molecular formula is C21H17ClF3NO4. The van der Waals surface area contributed by atoms with E-state index in [1.807, 2.05) is 0 Å². The van der Waals surface area contributed by atoms with Crippen LogP contribution in [-0.2, 0) is 22.3 Å². The van der Waals surface area contributed by atoms with Gasteiger partial charge in [0.05, 0.1) is 17.2 Å². The lowest BCUT2D eigenvalue weighted by Gasteiger charge is -2.14. The number of ether oxygens (including phenoxy) is 2. The van der Waals surface area contributed by atoms with E-state index in [2.05, 4.69) is 0 Å². The second-order valence-electron chi connectivity index (χ2n) is 6.46. The molecule has 0 N–H and O–H groups in total. The molecule has 5 nitrogen and oxygen atoms in total. The van der Waals surface area contributed by atoms with Gasteiger partial charge in [-0.2, -0.15) is 13.2 Å². The first-order valence-corrected chi connectivity index (χ1v) is 9.32. The monoisotopic (exact) mass is 439 g/mol. The Morgan fingerprint density at radius 2 is 1.83 bits per heavy atom. The summed E-state index contributed by atoms with van der Waals surface area (Å²) < 4.78 is 51.3. The zero-order valence-electron chi connectivity index (χ0n) is 16.0. The van der Waals surface area contributed by atoms with Crippen molar-refractivity contribution in [2.75, 3.05) is 6.61 Å². The van der Waals surface area contributed by atoms with E-state index in [0.29, 0.717) is 16.5 Å². The minimum Gasteiger partial charge on any atom is -0.461 e. The van der Waals surface area contributed by atoms with Gasteiger partial charge in [0.1, 0.15) is 11.4 Å². The highest BCUT2D eigenvalue weighted by molar-refractivity contribution is 6.31. The normalized spacial score (nSPS) is 11.5. The van der Waals surface area contributed by atoms with E-state index in [4.69, 9.17) is 21.1 Å². The second-order valence-corrected chi connectivity index (χ2v) is 6.87. The highest BCUT2D eigenvalue weighted by Gasteiger charge is 2.33. The maximum Gasteiger partial charge on any atom is 0.417 e. The number of esters is 2. The molecule has 0 aliphatic carbocycles. The number of benzene rings is 2. The van der Waals surface area contributed by atoms with E-state index in [-0.39, 0.29) is 24.6 Å². The maximum atomic E-state index is 13.2. The minimum atomic E-state index is -4.60. The Labute approximate surface area is 174 Å². The number of rotatable bonds is 5. The summed E-state index contributed by atoms with van der Waals surface area (Å²) in [6.45, 7) is 3.03. The molecule has 0 aliphatic rings. The Hall–Kier alpha value is -3.00. The molecule has 1 heterocycles. The lowest BCUT2D eigenvalue weighted by molar-refractivity contribution is -0.137. The summed E-state index contributed by atoms with van der Waals surface area (Å²) in [6.07, 6.45) is -4.60. The zero-order chi connectivity index (χ0) is 22.1. The molecule has 9 heteroatoms. The third-order valence-electron chi connectivity index (χ3n) is 4.30. The maximum absolute atomic E-state index is 13.2. The van der Waals surface area contributed by atoms with Gasteiger partial charge in [0.15, 0.2) is 0 Å².